The zero-order chi connectivity index (χ0) is 20.0. The van der Waals surface area contributed by atoms with Gasteiger partial charge in [-0.15, -0.1) is 0 Å². The van der Waals surface area contributed by atoms with Crippen molar-refractivity contribution < 1.29 is 13.2 Å². The topological polar surface area (TPSA) is 66.5 Å². The number of rotatable bonds is 5. The van der Waals surface area contributed by atoms with Crippen molar-refractivity contribution >= 4 is 45.1 Å². The summed E-state index contributed by atoms with van der Waals surface area (Å²) in [5.41, 5.74) is 1.61. The molecule has 0 bridgehead atoms. The third-order valence-electron chi connectivity index (χ3n) is 3.79. The molecule has 0 saturated carbocycles. The molecule has 0 unspecified atom stereocenters. The van der Waals surface area contributed by atoms with Crippen LogP contribution in [0.15, 0.2) is 90.3 Å². The van der Waals surface area contributed by atoms with Crippen molar-refractivity contribution in [1.82, 2.24) is 4.72 Å². The largest absolute Gasteiger partial charge is 0.340 e. The molecule has 3 rings (SSSR count). The minimum atomic E-state index is -4.04. The number of hydrogen-bond acceptors (Lipinski definition) is 3. The summed E-state index contributed by atoms with van der Waals surface area (Å²) in [6.45, 7) is 0. The lowest BCUT2D eigenvalue weighted by Gasteiger charge is -2.22. The van der Waals surface area contributed by atoms with E-state index in [4.69, 9.17) is 11.6 Å². The molecule has 0 aliphatic rings. The summed E-state index contributed by atoms with van der Waals surface area (Å²) in [6, 6.07) is 23.6. The summed E-state index contributed by atoms with van der Waals surface area (Å²) in [5, 5.41) is 1.33. The number of benzene rings is 3. The Morgan fingerprint density at radius 2 is 1.32 bits per heavy atom. The highest BCUT2D eigenvalue weighted by Gasteiger charge is 2.21. The number of nitrogens with one attached hydrogen (secondary N) is 1. The smallest absolute Gasteiger partial charge is 0.262 e. The van der Waals surface area contributed by atoms with Crippen molar-refractivity contribution in [3.05, 3.63) is 101 Å². The van der Waals surface area contributed by atoms with E-state index >= 15 is 0 Å². The second kappa shape index (κ2) is 8.73. The Morgan fingerprint density at radius 3 is 1.86 bits per heavy atom. The second-order valence-corrected chi connectivity index (χ2v) is 7.76. The number of halogens is 1. The van der Waals surface area contributed by atoms with Crippen LogP contribution in [0.3, 0.4) is 0 Å². The SMILES string of the molecule is O=C(NS(=O)(=O)/C=C/c1ccccc1Cl)N(c1ccccc1)c1ccccc1. The first-order valence-corrected chi connectivity index (χ1v) is 10.3. The minimum Gasteiger partial charge on any atom is -0.262 e. The molecule has 0 aliphatic heterocycles. The van der Waals surface area contributed by atoms with Gasteiger partial charge in [-0.05, 0) is 42.0 Å². The molecule has 7 heteroatoms. The van der Waals surface area contributed by atoms with Gasteiger partial charge in [0, 0.05) is 5.02 Å². The fourth-order valence-corrected chi connectivity index (χ4v) is 3.44. The molecule has 0 heterocycles. The van der Waals surface area contributed by atoms with Gasteiger partial charge < -0.3 is 0 Å². The molecule has 0 aliphatic carbocycles. The third-order valence-corrected chi connectivity index (χ3v) is 5.09. The van der Waals surface area contributed by atoms with Crippen LogP contribution in [0.4, 0.5) is 16.2 Å². The van der Waals surface area contributed by atoms with Crippen molar-refractivity contribution in [1.29, 1.82) is 0 Å². The quantitative estimate of drug-likeness (QED) is 0.627. The molecule has 142 valence electrons. The van der Waals surface area contributed by atoms with E-state index in [0.29, 0.717) is 22.0 Å². The fourth-order valence-electron chi connectivity index (χ4n) is 2.51. The van der Waals surface area contributed by atoms with E-state index in [9.17, 15) is 13.2 Å². The maximum absolute atomic E-state index is 12.8. The Labute approximate surface area is 168 Å². The van der Waals surface area contributed by atoms with Crippen LogP contribution in [0.5, 0.6) is 0 Å². The van der Waals surface area contributed by atoms with Gasteiger partial charge >= 0.3 is 6.03 Å². The van der Waals surface area contributed by atoms with Gasteiger partial charge in [0.15, 0.2) is 0 Å². The Bertz CT molecular complexity index is 1050. The predicted molar refractivity (Wildman–Crippen MR) is 113 cm³/mol. The van der Waals surface area contributed by atoms with Crippen molar-refractivity contribution in [2.45, 2.75) is 0 Å². The summed E-state index contributed by atoms with van der Waals surface area (Å²) < 4.78 is 26.9. The molecule has 3 aromatic carbocycles. The minimum absolute atomic E-state index is 0.412. The zero-order valence-corrected chi connectivity index (χ0v) is 16.3. The van der Waals surface area contributed by atoms with Gasteiger partial charge in [-0.3, -0.25) is 4.90 Å². The maximum Gasteiger partial charge on any atom is 0.340 e. The Balaban J connectivity index is 1.86. The monoisotopic (exact) mass is 412 g/mol. The number of nitrogens with zero attached hydrogens (tertiary/aromatic N) is 1. The molecular formula is C21H17ClN2O3S. The molecular weight excluding hydrogens is 396 g/mol. The normalized spacial score (nSPS) is 11.3. The first-order valence-electron chi connectivity index (χ1n) is 8.36. The third kappa shape index (κ3) is 5.00. The Hall–Kier alpha value is -3.09. The molecule has 0 atom stereocenters. The van der Waals surface area contributed by atoms with E-state index in [1.54, 1.807) is 72.8 Å². The summed E-state index contributed by atoms with van der Waals surface area (Å²) >= 11 is 6.03. The van der Waals surface area contributed by atoms with E-state index in [0.717, 1.165) is 5.41 Å². The molecule has 1 N–H and O–H groups in total. The van der Waals surface area contributed by atoms with Crippen LogP contribution in [0, 0.1) is 0 Å². The number of urea groups is 1. The van der Waals surface area contributed by atoms with Gasteiger partial charge in [0.2, 0.25) is 0 Å². The number of anilines is 2. The van der Waals surface area contributed by atoms with Crippen LogP contribution in [0.1, 0.15) is 5.56 Å². The van der Waals surface area contributed by atoms with Crippen LogP contribution >= 0.6 is 11.6 Å². The van der Waals surface area contributed by atoms with Gasteiger partial charge in [-0.25, -0.2) is 17.9 Å². The van der Waals surface area contributed by atoms with Crippen molar-refractivity contribution in [3.8, 4) is 0 Å². The van der Waals surface area contributed by atoms with E-state index in [1.807, 2.05) is 12.1 Å². The first-order chi connectivity index (χ1) is 13.5. The number of amides is 2. The first kappa shape index (κ1) is 19.7. The lowest BCUT2D eigenvalue weighted by atomic mass is 10.2. The molecule has 0 aromatic heterocycles. The van der Waals surface area contributed by atoms with E-state index < -0.39 is 16.1 Å². The molecule has 28 heavy (non-hydrogen) atoms. The van der Waals surface area contributed by atoms with Crippen LogP contribution in [0.2, 0.25) is 5.02 Å². The van der Waals surface area contributed by atoms with Gasteiger partial charge in [-0.2, -0.15) is 0 Å². The number of hydrogen-bond donors (Lipinski definition) is 1. The van der Waals surface area contributed by atoms with Gasteiger partial charge in [0.1, 0.15) is 0 Å². The average Bonchev–Trinajstić information content (AvgIpc) is 2.69. The van der Waals surface area contributed by atoms with Crippen LogP contribution in [0.25, 0.3) is 6.08 Å². The molecule has 0 radical (unpaired) electrons. The summed E-state index contributed by atoms with van der Waals surface area (Å²) in [4.78, 5) is 14.1. The van der Waals surface area contributed by atoms with E-state index in [1.165, 1.54) is 11.0 Å². The highest BCUT2D eigenvalue weighted by molar-refractivity contribution is 7.93. The standard InChI is InChI=1S/C21H17ClN2O3S/c22-20-14-8-7-9-17(20)15-16-28(26,27)23-21(25)24(18-10-3-1-4-11-18)19-12-5-2-6-13-19/h1-16H,(H,23,25)/b16-15+. The number of carbonyl (C=O) groups is 1. The van der Waals surface area contributed by atoms with Crippen molar-refractivity contribution in [2.24, 2.45) is 0 Å². The second-order valence-electron chi connectivity index (χ2n) is 5.78. The van der Waals surface area contributed by atoms with Gasteiger partial charge in [-0.1, -0.05) is 66.2 Å². The molecule has 0 fully saturated rings. The highest BCUT2D eigenvalue weighted by atomic mass is 35.5. The lowest BCUT2D eigenvalue weighted by Crippen LogP contribution is -2.39. The van der Waals surface area contributed by atoms with Gasteiger partial charge in [0.25, 0.3) is 10.0 Å². The number of sulfonamides is 1. The summed E-state index contributed by atoms with van der Waals surface area (Å²) in [5.74, 6) is 0. The van der Waals surface area contributed by atoms with Crippen LogP contribution in [-0.4, -0.2) is 14.4 Å². The van der Waals surface area contributed by atoms with Crippen LogP contribution in [-0.2, 0) is 10.0 Å². The molecule has 0 saturated heterocycles. The fraction of sp³-hybridized carbons (Fsp3) is 0. The van der Waals surface area contributed by atoms with E-state index in [-0.39, 0.29) is 0 Å². The van der Waals surface area contributed by atoms with Crippen molar-refractivity contribution in [3.63, 3.8) is 0 Å². The van der Waals surface area contributed by atoms with E-state index in [2.05, 4.69) is 4.72 Å². The molecule has 3 aromatic rings. The maximum atomic E-state index is 12.8. The number of carbonyl (C=O) groups excluding carboxylic acids is 1. The summed E-state index contributed by atoms with van der Waals surface area (Å²) in [6.07, 6.45) is 1.34. The average molecular weight is 413 g/mol. The molecule has 2 amide bonds. The molecule has 0 spiro atoms. The zero-order valence-electron chi connectivity index (χ0n) is 14.7. The number of para-hydroxylation sites is 2. The lowest BCUT2D eigenvalue weighted by molar-refractivity contribution is 0.253. The van der Waals surface area contributed by atoms with Crippen LogP contribution < -0.4 is 9.62 Å². The molecule has 5 nitrogen and oxygen atoms in total. The summed E-state index contributed by atoms with van der Waals surface area (Å²) in [7, 11) is -4.04. The van der Waals surface area contributed by atoms with Crippen molar-refractivity contribution in [2.75, 3.05) is 4.90 Å². The highest BCUT2D eigenvalue weighted by Crippen LogP contribution is 2.25. The van der Waals surface area contributed by atoms with Gasteiger partial charge in [0.05, 0.1) is 16.8 Å². The Morgan fingerprint density at radius 1 is 0.821 bits per heavy atom. The predicted octanol–water partition coefficient (Wildman–Crippen LogP) is 5.19. The Kier molecular flexibility index (Phi) is 6.13.